The normalized spacial score (nSPS) is 11.0. The first-order valence-corrected chi connectivity index (χ1v) is 8.80. The maximum absolute atomic E-state index is 12.2. The van der Waals surface area contributed by atoms with Gasteiger partial charge in [-0.3, -0.25) is 15.1 Å². The second-order valence-corrected chi connectivity index (χ2v) is 7.28. The van der Waals surface area contributed by atoms with Crippen LogP contribution in [-0.4, -0.2) is 22.1 Å². The number of urea groups is 1. The average molecular weight is 395 g/mol. The molecular weight excluding hydrogens is 374 g/mol. The Hall–Kier alpha value is -3.88. The van der Waals surface area contributed by atoms with Gasteiger partial charge in [-0.05, 0) is 18.2 Å². The molecular formula is C20H21N5O4. The molecule has 1 aromatic carbocycles. The standard InChI is InChI=1S/C20H21N5O4/c1-20(2,3)16-11-17(25-29-16)24-19(27)23-12-5-4-6-13(9-12)28-14-7-8-22-15(10-14)18(21)26/h4-11H,1-3H3,(H2,21,26)(H2,23,24,25,27). The van der Waals surface area contributed by atoms with E-state index in [2.05, 4.69) is 20.8 Å². The van der Waals surface area contributed by atoms with Crippen LogP contribution < -0.4 is 21.1 Å². The molecule has 0 unspecified atom stereocenters. The van der Waals surface area contributed by atoms with Gasteiger partial charge in [0, 0.05) is 35.5 Å². The maximum Gasteiger partial charge on any atom is 0.324 e. The fourth-order valence-electron chi connectivity index (χ4n) is 2.35. The highest BCUT2D eigenvalue weighted by molar-refractivity contribution is 5.99. The summed E-state index contributed by atoms with van der Waals surface area (Å²) < 4.78 is 10.9. The summed E-state index contributed by atoms with van der Waals surface area (Å²) in [6.07, 6.45) is 1.43. The molecule has 4 N–H and O–H groups in total. The van der Waals surface area contributed by atoms with E-state index in [4.69, 9.17) is 15.0 Å². The van der Waals surface area contributed by atoms with Gasteiger partial charge in [0.25, 0.3) is 5.91 Å². The number of aromatic nitrogens is 2. The Morgan fingerprint density at radius 2 is 1.83 bits per heavy atom. The van der Waals surface area contributed by atoms with Crippen LogP contribution in [0.25, 0.3) is 0 Å². The Bertz CT molecular complexity index is 1040. The largest absolute Gasteiger partial charge is 0.457 e. The number of hydrogen-bond acceptors (Lipinski definition) is 6. The van der Waals surface area contributed by atoms with Crippen LogP contribution in [-0.2, 0) is 5.41 Å². The molecule has 29 heavy (non-hydrogen) atoms. The van der Waals surface area contributed by atoms with Crippen molar-refractivity contribution >= 4 is 23.4 Å². The summed E-state index contributed by atoms with van der Waals surface area (Å²) >= 11 is 0. The summed E-state index contributed by atoms with van der Waals surface area (Å²) in [5.41, 5.74) is 5.61. The first-order chi connectivity index (χ1) is 13.7. The predicted molar refractivity (Wildman–Crippen MR) is 107 cm³/mol. The van der Waals surface area contributed by atoms with Gasteiger partial charge < -0.3 is 20.3 Å². The number of nitrogens with one attached hydrogen (secondary N) is 2. The number of anilines is 2. The summed E-state index contributed by atoms with van der Waals surface area (Å²) in [6.45, 7) is 5.95. The van der Waals surface area contributed by atoms with E-state index < -0.39 is 11.9 Å². The minimum Gasteiger partial charge on any atom is -0.457 e. The lowest BCUT2D eigenvalue weighted by Crippen LogP contribution is -2.19. The topological polar surface area (TPSA) is 132 Å². The number of amides is 3. The van der Waals surface area contributed by atoms with E-state index in [1.807, 2.05) is 20.8 Å². The van der Waals surface area contributed by atoms with Crippen molar-refractivity contribution in [3.05, 3.63) is 60.1 Å². The number of rotatable bonds is 5. The van der Waals surface area contributed by atoms with Crippen molar-refractivity contribution in [2.24, 2.45) is 5.73 Å². The summed E-state index contributed by atoms with van der Waals surface area (Å²) in [5.74, 6) is 1.19. The Morgan fingerprint density at radius 3 is 2.52 bits per heavy atom. The molecule has 3 aromatic rings. The van der Waals surface area contributed by atoms with Gasteiger partial charge >= 0.3 is 6.03 Å². The molecule has 0 spiro atoms. The zero-order valence-electron chi connectivity index (χ0n) is 16.2. The lowest BCUT2D eigenvalue weighted by atomic mass is 9.93. The molecule has 150 valence electrons. The molecule has 0 bridgehead atoms. The van der Waals surface area contributed by atoms with Crippen molar-refractivity contribution < 1.29 is 18.8 Å². The van der Waals surface area contributed by atoms with Crippen LogP contribution in [0.15, 0.2) is 53.2 Å². The summed E-state index contributed by atoms with van der Waals surface area (Å²) in [6, 6.07) is 11.0. The molecule has 0 aliphatic carbocycles. The number of benzene rings is 1. The van der Waals surface area contributed by atoms with Gasteiger partial charge in [0.1, 0.15) is 23.0 Å². The van der Waals surface area contributed by atoms with Crippen LogP contribution in [0, 0.1) is 0 Å². The number of pyridine rings is 1. The highest BCUT2D eigenvalue weighted by atomic mass is 16.5. The van der Waals surface area contributed by atoms with E-state index in [1.54, 1.807) is 36.4 Å². The summed E-state index contributed by atoms with van der Waals surface area (Å²) in [4.78, 5) is 27.3. The van der Waals surface area contributed by atoms with E-state index >= 15 is 0 Å². The van der Waals surface area contributed by atoms with Crippen molar-refractivity contribution in [2.45, 2.75) is 26.2 Å². The van der Waals surface area contributed by atoms with Crippen LogP contribution in [0.1, 0.15) is 37.0 Å². The van der Waals surface area contributed by atoms with Crippen LogP contribution >= 0.6 is 0 Å². The SMILES string of the molecule is CC(C)(C)c1cc(NC(=O)Nc2cccc(Oc3ccnc(C(N)=O)c3)c2)no1. The smallest absolute Gasteiger partial charge is 0.324 e. The van der Waals surface area contributed by atoms with Gasteiger partial charge in [0.2, 0.25) is 0 Å². The number of nitrogens with two attached hydrogens (primary N) is 1. The minimum absolute atomic E-state index is 0.0957. The minimum atomic E-state index is -0.648. The van der Waals surface area contributed by atoms with E-state index in [0.717, 1.165) is 0 Å². The Kier molecular flexibility index (Phi) is 5.49. The van der Waals surface area contributed by atoms with Crippen molar-refractivity contribution in [1.29, 1.82) is 0 Å². The van der Waals surface area contributed by atoms with Crippen molar-refractivity contribution in [2.75, 3.05) is 10.6 Å². The summed E-state index contributed by atoms with van der Waals surface area (Å²) in [5, 5.41) is 9.16. The Labute approximate surface area is 167 Å². The lowest BCUT2D eigenvalue weighted by molar-refractivity contribution is 0.0995. The molecule has 9 nitrogen and oxygen atoms in total. The molecule has 0 radical (unpaired) electrons. The van der Waals surface area contributed by atoms with Crippen molar-refractivity contribution in [3.63, 3.8) is 0 Å². The number of ether oxygens (including phenoxy) is 1. The highest BCUT2D eigenvalue weighted by Gasteiger charge is 2.20. The predicted octanol–water partition coefficient (Wildman–Crippen LogP) is 3.90. The lowest BCUT2D eigenvalue weighted by Gasteiger charge is -2.12. The molecule has 0 saturated carbocycles. The fraction of sp³-hybridized carbons (Fsp3) is 0.200. The Balaban J connectivity index is 1.65. The van der Waals surface area contributed by atoms with Gasteiger partial charge in [0.15, 0.2) is 5.82 Å². The first-order valence-electron chi connectivity index (χ1n) is 8.80. The molecule has 0 fully saturated rings. The zero-order valence-corrected chi connectivity index (χ0v) is 16.2. The van der Waals surface area contributed by atoms with Crippen LogP contribution in [0.4, 0.5) is 16.3 Å². The first kappa shape index (κ1) is 19.9. The number of carbonyl (C=O) groups is 2. The highest BCUT2D eigenvalue weighted by Crippen LogP contribution is 2.26. The third-order valence-electron chi connectivity index (χ3n) is 3.80. The fourth-order valence-corrected chi connectivity index (χ4v) is 2.35. The average Bonchev–Trinajstić information content (AvgIpc) is 3.11. The monoisotopic (exact) mass is 395 g/mol. The second-order valence-electron chi connectivity index (χ2n) is 7.28. The van der Waals surface area contributed by atoms with Gasteiger partial charge in [0.05, 0.1) is 0 Å². The third-order valence-corrected chi connectivity index (χ3v) is 3.80. The molecule has 2 aromatic heterocycles. The van der Waals surface area contributed by atoms with Gasteiger partial charge in [-0.15, -0.1) is 0 Å². The maximum atomic E-state index is 12.2. The van der Waals surface area contributed by atoms with Crippen molar-refractivity contribution in [3.8, 4) is 11.5 Å². The third kappa shape index (κ3) is 5.32. The molecule has 3 amide bonds. The van der Waals surface area contributed by atoms with Gasteiger partial charge in [-0.2, -0.15) is 0 Å². The molecule has 3 rings (SSSR count). The zero-order chi connectivity index (χ0) is 21.0. The molecule has 0 aliphatic heterocycles. The van der Waals surface area contributed by atoms with Crippen LogP contribution in [0.5, 0.6) is 11.5 Å². The van der Waals surface area contributed by atoms with E-state index in [1.165, 1.54) is 12.3 Å². The van der Waals surface area contributed by atoms with Gasteiger partial charge in [-0.25, -0.2) is 4.79 Å². The van der Waals surface area contributed by atoms with E-state index in [9.17, 15) is 9.59 Å². The number of hydrogen-bond donors (Lipinski definition) is 3. The number of primary amides is 1. The second kappa shape index (κ2) is 8.01. The molecule has 9 heteroatoms. The van der Waals surface area contributed by atoms with E-state index in [-0.39, 0.29) is 11.1 Å². The van der Waals surface area contributed by atoms with Gasteiger partial charge in [-0.1, -0.05) is 32.0 Å². The van der Waals surface area contributed by atoms with E-state index in [0.29, 0.717) is 28.8 Å². The molecule has 0 atom stereocenters. The van der Waals surface area contributed by atoms with Crippen LogP contribution in [0.3, 0.4) is 0 Å². The molecule has 0 aliphatic rings. The Morgan fingerprint density at radius 1 is 1.07 bits per heavy atom. The quantitative estimate of drug-likeness (QED) is 0.600. The molecule has 2 heterocycles. The molecule has 0 saturated heterocycles. The van der Waals surface area contributed by atoms with Crippen LogP contribution in [0.2, 0.25) is 0 Å². The van der Waals surface area contributed by atoms with Crippen molar-refractivity contribution in [1.82, 2.24) is 10.1 Å². The number of nitrogens with zero attached hydrogens (tertiary/aromatic N) is 2. The summed E-state index contributed by atoms with van der Waals surface area (Å²) in [7, 11) is 0. The number of carbonyl (C=O) groups excluding carboxylic acids is 2.